The molecule has 6 heteroatoms. The zero-order valence-electron chi connectivity index (χ0n) is 10.8. The summed E-state index contributed by atoms with van der Waals surface area (Å²) in [6.45, 7) is 2.13. The minimum absolute atomic E-state index is 0.241. The number of rotatable bonds is 6. The summed E-state index contributed by atoms with van der Waals surface area (Å²) in [7, 11) is 0. The third-order valence-corrected chi connectivity index (χ3v) is 2.86. The van der Waals surface area contributed by atoms with Crippen molar-refractivity contribution in [2.24, 2.45) is 5.73 Å². The van der Waals surface area contributed by atoms with Gasteiger partial charge in [0.1, 0.15) is 6.04 Å². The Morgan fingerprint density at radius 3 is 2.53 bits per heavy atom. The molecule has 1 rings (SSSR count). The first-order valence-corrected chi connectivity index (χ1v) is 6.45. The molecule has 1 atom stereocenters. The number of nitrogens with one attached hydrogen (secondary N) is 2. The van der Waals surface area contributed by atoms with Crippen LogP contribution >= 0.6 is 11.6 Å². The van der Waals surface area contributed by atoms with Crippen LogP contribution in [0.15, 0.2) is 24.3 Å². The number of carbonyl (C=O) groups excluding carboxylic acids is 2. The summed E-state index contributed by atoms with van der Waals surface area (Å²) < 4.78 is 0. The van der Waals surface area contributed by atoms with Gasteiger partial charge in [0, 0.05) is 11.6 Å². The largest absolute Gasteiger partial charge is 0.354 e. The van der Waals surface area contributed by atoms with Gasteiger partial charge in [0.15, 0.2) is 0 Å². The molecular formula is C13H18ClN3O2. The quantitative estimate of drug-likeness (QED) is 0.690. The fraction of sp³-hybridized carbons (Fsp3) is 0.385. The van der Waals surface area contributed by atoms with Gasteiger partial charge in [0.25, 0.3) is 0 Å². The van der Waals surface area contributed by atoms with Gasteiger partial charge >= 0.3 is 6.03 Å². The Hall–Kier alpha value is -1.75. The van der Waals surface area contributed by atoms with Crippen LogP contribution in [0.5, 0.6) is 0 Å². The molecule has 3 amide bonds. The van der Waals surface area contributed by atoms with Crippen LogP contribution in [0.3, 0.4) is 0 Å². The second-order valence-electron chi connectivity index (χ2n) is 4.25. The summed E-state index contributed by atoms with van der Waals surface area (Å²) in [6.07, 6.45) is 1.67. The molecule has 0 bridgehead atoms. The van der Waals surface area contributed by atoms with Crippen LogP contribution in [0.4, 0.5) is 4.79 Å². The molecular weight excluding hydrogens is 266 g/mol. The second-order valence-corrected chi connectivity index (χ2v) is 4.69. The molecule has 0 fully saturated rings. The molecule has 1 aromatic carbocycles. The van der Waals surface area contributed by atoms with Crippen LogP contribution in [0, 0.1) is 0 Å². The lowest BCUT2D eigenvalue weighted by Crippen LogP contribution is -2.46. The first kappa shape index (κ1) is 15.3. The molecule has 5 nitrogen and oxygen atoms in total. The Morgan fingerprint density at radius 2 is 1.95 bits per heavy atom. The summed E-state index contributed by atoms with van der Waals surface area (Å²) in [6, 6.07) is 6.28. The zero-order valence-corrected chi connectivity index (χ0v) is 11.5. The first-order valence-electron chi connectivity index (χ1n) is 6.07. The van der Waals surface area contributed by atoms with Crippen molar-refractivity contribution in [3.05, 3.63) is 34.9 Å². The SMILES string of the molecule is CC(NC(N)=O)C(=O)NCCCc1ccc(Cl)cc1. The van der Waals surface area contributed by atoms with E-state index in [2.05, 4.69) is 10.6 Å². The molecule has 0 saturated heterocycles. The number of hydrogen-bond donors (Lipinski definition) is 3. The van der Waals surface area contributed by atoms with Crippen LogP contribution < -0.4 is 16.4 Å². The zero-order chi connectivity index (χ0) is 14.3. The van der Waals surface area contributed by atoms with Crippen molar-refractivity contribution in [2.75, 3.05) is 6.54 Å². The lowest BCUT2D eigenvalue weighted by Gasteiger charge is -2.12. The van der Waals surface area contributed by atoms with Gasteiger partial charge in [0.2, 0.25) is 5.91 Å². The van der Waals surface area contributed by atoms with E-state index in [-0.39, 0.29) is 5.91 Å². The molecule has 0 radical (unpaired) electrons. The van der Waals surface area contributed by atoms with Gasteiger partial charge in [-0.25, -0.2) is 4.79 Å². The summed E-state index contributed by atoms with van der Waals surface area (Å²) in [5, 5.41) is 5.77. The molecule has 0 aliphatic carbocycles. The number of nitrogens with two attached hydrogens (primary N) is 1. The van der Waals surface area contributed by atoms with Crippen molar-refractivity contribution in [3.63, 3.8) is 0 Å². The number of aryl methyl sites for hydroxylation is 1. The van der Waals surface area contributed by atoms with Crippen molar-refractivity contribution in [1.82, 2.24) is 10.6 Å². The van der Waals surface area contributed by atoms with E-state index in [4.69, 9.17) is 17.3 Å². The van der Waals surface area contributed by atoms with Crippen LogP contribution in [-0.4, -0.2) is 24.5 Å². The smallest absolute Gasteiger partial charge is 0.312 e. The number of amides is 3. The topological polar surface area (TPSA) is 84.2 Å². The van der Waals surface area contributed by atoms with Gasteiger partial charge in [-0.3, -0.25) is 4.79 Å². The van der Waals surface area contributed by atoms with E-state index in [1.165, 1.54) is 5.56 Å². The summed E-state index contributed by atoms with van der Waals surface area (Å²) in [4.78, 5) is 22.1. The Kier molecular flexibility index (Phi) is 6.15. The number of urea groups is 1. The Bertz CT molecular complexity index is 434. The highest BCUT2D eigenvalue weighted by atomic mass is 35.5. The number of hydrogen-bond acceptors (Lipinski definition) is 2. The summed E-state index contributed by atoms with van der Waals surface area (Å²) >= 11 is 5.79. The van der Waals surface area contributed by atoms with Crippen molar-refractivity contribution in [3.8, 4) is 0 Å². The third kappa shape index (κ3) is 6.10. The van der Waals surface area contributed by atoms with Gasteiger partial charge in [-0.1, -0.05) is 23.7 Å². The highest BCUT2D eigenvalue weighted by molar-refractivity contribution is 6.30. The molecule has 4 N–H and O–H groups in total. The molecule has 0 aliphatic heterocycles. The second kappa shape index (κ2) is 7.63. The Balaban J connectivity index is 2.21. The van der Waals surface area contributed by atoms with Crippen LogP contribution in [0.2, 0.25) is 5.02 Å². The number of halogens is 1. The number of carbonyl (C=O) groups is 2. The molecule has 19 heavy (non-hydrogen) atoms. The predicted molar refractivity (Wildman–Crippen MR) is 75.0 cm³/mol. The maximum Gasteiger partial charge on any atom is 0.312 e. The molecule has 0 aromatic heterocycles. The molecule has 1 aromatic rings. The lowest BCUT2D eigenvalue weighted by molar-refractivity contribution is -0.122. The molecule has 0 saturated carbocycles. The highest BCUT2D eigenvalue weighted by Crippen LogP contribution is 2.10. The van der Waals surface area contributed by atoms with Crippen LogP contribution in [-0.2, 0) is 11.2 Å². The van der Waals surface area contributed by atoms with Gasteiger partial charge in [0.05, 0.1) is 0 Å². The molecule has 0 heterocycles. The normalized spacial score (nSPS) is 11.7. The van der Waals surface area contributed by atoms with Crippen molar-refractivity contribution in [2.45, 2.75) is 25.8 Å². The number of primary amides is 1. The van der Waals surface area contributed by atoms with E-state index in [9.17, 15) is 9.59 Å². The monoisotopic (exact) mass is 283 g/mol. The Morgan fingerprint density at radius 1 is 1.32 bits per heavy atom. The average molecular weight is 284 g/mol. The van der Waals surface area contributed by atoms with Gasteiger partial charge < -0.3 is 16.4 Å². The first-order chi connectivity index (χ1) is 8.99. The lowest BCUT2D eigenvalue weighted by atomic mass is 10.1. The predicted octanol–water partition coefficient (Wildman–Crippen LogP) is 1.45. The third-order valence-electron chi connectivity index (χ3n) is 2.61. The molecule has 0 aliphatic rings. The van der Waals surface area contributed by atoms with Crippen molar-refractivity contribution < 1.29 is 9.59 Å². The van der Waals surface area contributed by atoms with Gasteiger partial charge in [-0.2, -0.15) is 0 Å². The van der Waals surface area contributed by atoms with Gasteiger partial charge in [-0.15, -0.1) is 0 Å². The highest BCUT2D eigenvalue weighted by Gasteiger charge is 2.12. The fourth-order valence-corrected chi connectivity index (χ4v) is 1.71. The van der Waals surface area contributed by atoms with Gasteiger partial charge in [-0.05, 0) is 37.5 Å². The maximum atomic E-state index is 11.5. The molecule has 1 unspecified atom stereocenters. The van der Waals surface area contributed by atoms with Crippen LogP contribution in [0.1, 0.15) is 18.9 Å². The van der Waals surface area contributed by atoms with Crippen molar-refractivity contribution >= 4 is 23.5 Å². The molecule has 0 spiro atoms. The van der Waals surface area contributed by atoms with E-state index >= 15 is 0 Å². The van der Waals surface area contributed by atoms with Crippen molar-refractivity contribution in [1.29, 1.82) is 0 Å². The standard InChI is InChI=1S/C13H18ClN3O2/c1-9(17-13(15)19)12(18)16-8-2-3-10-4-6-11(14)7-5-10/h4-7,9H,2-3,8H2,1H3,(H,16,18)(H3,15,17,19). The van der Waals surface area contributed by atoms with E-state index in [0.29, 0.717) is 11.6 Å². The average Bonchev–Trinajstić information content (AvgIpc) is 2.35. The fourth-order valence-electron chi connectivity index (χ4n) is 1.59. The van der Waals surface area contributed by atoms with Crippen LogP contribution in [0.25, 0.3) is 0 Å². The number of benzene rings is 1. The summed E-state index contributed by atoms with van der Waals surface area (Å²) in [5.41, 5.74) is 6.10. The minimum Gasteiger partial charge on any atom is -0.354 e. The van der Waals surface area contributed by atoms with E-state index in [0.717, 1.165) is 12.8 Å². The van der Waals surface area contributed by atoms with E-state index < -0.39 is 12.1 Å². The Labute approximate surface area is 117 Å². The van der Waals surface area contributed by atoms with E-state index in [1.54, 1.807) is 6.92 Å². The van der Waals surface area contributed by atoms with E-state index in [1.807, 2.05) is 24.3 Å². The molecule has 104 valence electrons. The minimum atomic E-state index is -0.705. The summed E-state index contributed by atoms with van der Waals surface area (Å²) in [5.74, 6) is -0.241. The maximum absolute atomic E-state index is 11.5.